The molecule has 2 heterocycles. The Bertz CT molecular complexity index is 3120. The van der Waals surface area contributed by atoms with E-state index in [9.17, 15) is 0 Å². The SMILES string of the molecule is CC(C)(C)c1cc(-c2nc(-c3ccccc3)nc(-c3ccc4c(c3)C(c3ccccc3)(c3ccccc3)c3ccccc3-4)n2)c2oc3c(C(C)(C)C)cc(C(C)(C)C)cc3c2c1. The molecule has 0 N–H and O–H groups in total. The number of aromatic nitrogens is 3. The lowest BCUT2D eigenvalue weighted by Crippen LogP contribution is -2.28. The average Bonchev–Trinajstić information content (AvgIpc) is 3.79. The summed E-state index contributed by atoms with van der Waals surface area (Å²) in [5, 5.41) is 2.20. The van der Waals surface area contributed by atoms with Gasteiger partial charge in [-0.3, -0.25) is 0 Å². The van der Waals surface area contributed by atoms with Crippen LogP contribution < -0.4 is 0 Å². The van der Waals surface area contributed by atoms with Gasteiger partial charge in [-0.25, -0.2) is 15.0 Å². The predicted octanol–water partition coefficient (Wildman–Crippen LogP) is 15.0. The average molecular weight is 808 g/mol. The first kappa shape index (κ1) is 39.5. The number of furan rings is 1. The minimum atomic E-state index is -0.555. The highest BCUT2D eigenvalue weighted by atomic mass is 16.3. The molecule has 9 aromatic rings. The van der Waals surface area contributed by atoms with E-state index in [1.165, 1.54) is 50.1 Å². The first-order chi connectivity index (χ1) is 29.6. The van der Waals surface area contributed by atoms with Crippen LogP contribution in [-0.4, -0.2) is 15.0 Å². The van der Waals surface area contributed by atoms with Gasteiger partial charge in [0.15, 0.2) is 17.5 Å². The normalized spacial score (nSPS) is 13.7. The van der Waals surface area contributed by atoms with Gasteiger partial charge in [0.1, 0.15) is 11.2 Å². The van der Waals surface area contributed by atoms with Crippen molar-refractivity contribution in [1.29, 1.82) is 0 Å². The van der Waals surface area contributed by atoms with Crippen molar-refractivity contribution in [3.8, 4) is 45.3 Å². The molecular formula is C58H53N3O. The summed E-state index contributed by atoms with van der Waals surface area (Å²) in [7, 11) is 0. The second-order valence-electron chi connectivity index (χ2n) is 20.1. The van der Waals surface area contributed by atoms with E-state index in [1.807, 2.05) is 18.2 Å². The lowest BCUT2D eigenvalue weighted by molar-refractivity contribution is 0.559. The number of hydrogen-bond donors (Lipinski definition) is 0. The van der Waals surface area contributed by atoms with Gasteiger partial charge in [-0.1, -0.05) is 196 Å². The van der Waals surface area contributed by atoms with Gasteiger partial charge in [-0.15, -0.1) is 0 Å². The fourth-order valence-electron chi connectivity index (χ4n) is 9.49. The molecule has 4 nitrogen and oxygen atoms in total. The molecule has 0 aliphatic heterocycles. The zero-order chi connectivity index (χ0) is 43.2. The fourth-order valence-corrected chi connectivity index (χ4v) is 9.49. The van der Waals surface area contributed by atoms with E-state index >= 15 is 0 Å². The largest absolute Gasteiger partial charge is 0.455 e. The molecule has 0 fully saturated rings. The van der Waals surface area contributed by atoms with Crippen LogP contribution in [0.4, 0.5) is 0 Å². The van der Waals surface area contributed by atoms with Gasteiger partial charge in [-0.05, 0) is 85.0 Å². The summed E-state index contributed by atoms with van der Waals surface area (Å²) in [6.45, 7) is 20.5. The Kier molecular flexibility index (Phi) is 9.05. The number of nitrogens with zero attached hydrogens (tertiary/aromatic N) is 3. The number of benzene rings is 7. The molecular weight excluding hydrogens is 755 g/mol. The molecule has 0 atom stereocenters. The van der Waals surface area contributed by atoms with Gasteiger partial charge in [0.25, 0.3) is 0 Å². The highest BCUT2D eigenvalue weighted by molar-refractivity contribution is 6.11. The first-order valence-corrected chi connectivity index (χ1v) is 21.9. The minimum absolute atomic E-state index is 0.0498. The Hall–Kier alpha value is -6.65. The highest BCUT2D eigenvalue weighted by Gasteiger charge is 2.46. The standard InChI is InChI=1S/C58H53N3O/c1-55(2,3)40-32-44-45-33-41(56(4,5)6)35-49(57(7,8)9)51(45)62-50(44)46(34-40)54-60-52(36-21-13-10-14-22-36)59-53(61-54)37-29-30-43-42-27-19-20-28-47(42)58(48(43)31-37,38-23-15-11-16-24-38)39-25-17-12-18-26-39/h10-35H,1-9H3. The van der Waals surface area contributed by atoms with Crippen LogP contribution in [0, 0.1) is 0 Å². The number of hydrogen-bond acceptors (Lipinski definition) is 4. The van der Waals surface area contributed by atoms with Gasteiger partial charge < -0.3 is 4.42 Å². The van der Waals surface area contributed by atoms with E-state index in [1.54, 1.807) is 0 Å². The molecule has 0 amide bonds. The summed E-state index contributed by atoms with van der Waals surface area (Å²) < 4.78 is 7.14. The van der Waals surface area contributed by atoms with Crippen molar-refractivity contribution in [2.75, 3.05) is 0 Å². The van der Waals surface area contributed by atoms with Gasteiger partial charge >= 0.3 is 0 Å². The lowest BCUT2D eigenvalue weighted by atomic mass is 9.67. The van der Waals surface area contributed by atoms with E-state index in [4.69, 9.17) is 19.4 Å². The molecule has 7 aromatic carbocycles. The quantitative estimate of drug-likeness (QED) is 0.174. The highest BCUT2D eigenvalue weighted by Crippen LogP contribution is 2.56. The molecule has 306 valence electrons. The van der Waals surface area contributed by atoms with Gasteiger partial charge in [0, 0.05) is 27.5 Å². The second kappa shape index (κ2) is 14.2. The smallest absolute Gasteiger partial charge is 0.167 e. The Balaban J connectivity index is 1.27. The van der Waals surface area contributed by atoms with E-state index in [0.717, 1.165) is 38.6 Å². The van der Waals surface area contributed by atoms with Gasteiger partial charge in [0.05, 0.1) is 11.0 Å². The van der Waals surface area contributed by atoms with Crippen LogP contribution in [0.5, 0.6) is 0 Å². The number of rotatable bonds is 5. The molecule has 0 saturated heterocycles. The summed E-state index contributed by atoms with van der Waals surface area (Å²) in [6, 6.07) is 57.0. The van der Waals surface area contributed by atoms with Crippen molar-refractivity contribution >= 4 is 21.9 Å². The Morgan fingerprint density at radius 1 is 0.387 bits per heavy atom. The Morgan fingerprint density at radius 2 is 0.887 bits per heavy atom. The van der Waals surface area contributed by atoms with Crippen molar-refractivity contribution in [3.63, 3.8) is 0 Å². The summed E-state index contributed by atoms with van der Waals surface area (Å²) in [4.78, 5) is 16.1. The van der Waals surface area contributed by atoms with E-state index in [0.29, 0.717) is 17.5 Å². The van der Waals surface area contributed by atoms with Gasteiger partial charge in [0.2, 0.25) is 0 Å². The second-order valence-corrected chi connectivity index (χ2v) is 20.1. The topological polar surface area (TPSA) is 51.8 Å². The molecule has 2 aromatic heterocycles. The molecule has 0 radical (unpaired) electrons. The summed E-state index contributed by atoms with van der Waals surface area (Å²) in [5.74, 6) is 1.81. The van der Waals surface area contributed by atoms with E-state index in [2.05, 4.69) is 202 Å². The van der Waals surface area contributed by atoms with Gasteiger partial charge in [-0.2, -0.15) is 0 Å². The third-order valence-electron chi connectivity index (χ3n) is 12.8. The maximum absolute atomic E-state index is 7.14. The van der Waals surface area contributed by atoms with E-state index < -0.39 is 5.41 Å². The third-order valence-corrected chi connectivity index (χ3v) is 12.8. The molecule has 0 saturated carbocycles. The maximum atomic E-state index is 7.14. The monoisotopic (exact) mass is 807 g/mol. The summed E-state index contributed by atoms with van der Waals surface area (Å²) >= 11 is 0. The van der Waals surface area contributed by atoms with Crippen LogP contribution in [-0.2, 0) is 21.7 Å². The van der Waals surface area contributed by atoms with Crippen molar-refractivity contribution in [1.82, 2.24) is 15.0 Å². The molecule has 0 spiro atoms. The third kappa shape index (κ3) is 6.38. The molecule has 62 heavy (non-hydrogen) atoms. The molecule has 1 aliphatic rings. The van der Waals surface area contributed by atoms with Crippen LogP contribution in [0.3, 0.4) is 0 Å². The zero-order valence-electron chi connectivity index (χ0n) is 37.3. The minimum Gasteiger partial charge on any atom is -0.455 e. The Morgan fingerprint density at radius 3 is 1.48 bits per heavy atom. The molecule has 0 bridgehead atoms. The summed E-state index contributed by atoms with van der Waals surface area (Å²) in [6.07, 6.45) is 0. The molecule has 1 aliphatic carbocycles. The molecule has 4 heteroatoms. The van der Waals surface area contributed by atoms with Crippen molar-refractivity contribution in [2.24, 2.45) is 0 Å². The van der Waals surface area contributed by atoms with Crippen LogP contribution >= 0.6 is 0 Å². The lowest BCUT2D eigenvalue weighted by Gasteiger charge is -2.34. The Labute approximate surface area is 365 Å². The van der Waals surface area contributed by atoms with Crippen molar-refractivity contribution in [3.05, 3.63) is 197 Å². The molecule has 10 rings (SSSR count). The molecule has 0 unspecified atom stereocenters. The van der Waals surface area contributed by atoms with Crippen LogP contribution in [0.1, 0.15) is 101 Å². The fraction of sp³-hybridized carbons (Fsp3) is 0.224. The van der Waals surface area contributed by atoms with Crippen molar-refractivity contribution < 1.29 is 4.42 Å². The first-order valence-electron chi connectivity index (χ1n) is 21.9. The van der Waals surface area contributed by atoms with Crippen LogP contribution in [0.2, 0.25) is 0 Å². The summed E-state index contributed by atoms with van der Waals surface area (Å²) in [5.41, 5.74) is 14.5. The van der Waals surface area contributed by atoms with Crippen LogP contribution in [0.15, 0.2) is 162 Å². The predicted molar refractivity (Wildman–Crippen MR) is 257 cm³/mol. The van der Waals surface area contributed by atoms with E-state index in [-0.39, 0.29) is 16.2 Å². The number of fused-ring (bicyclic) bond motifs is 6. The zero-order valence-corrected chi connectivity index (χ0v) is 37.3. The maximum Gasteiger partial charge on any atom is 0.167 e. The van der Waals surface area contributed by atoms with Crippen LogP contribution in [0.25, 0.3) is 67.2 Å². The van der Waals surface area contributed by atoms with Crippen molar-refractivity contribution in [2.45, 2.75) is 84.0 Å².